The smallest absolute Gasteiger partial charge is 0.319 e. The normalized spacial score (nSPS) is 10.1. The van der Waals surface area contributed by atoms with E-state index >= 15 is 0 Å². The van der Waals surface area contributed by atoms with Gasteiger partial charge in [-0.15, -0.1) is 0 Å². The first-order valence-electron chi connectivity index (χ1n) is 8.34. The molecule has 0 fully saturated rings. The van der Waals surface area contributed by atoms with Gasteiger partial charge in [0.2, 0.25) is 0 Å². The number of nitrogens with one attached hydrogen (secondary N) is 2. The van der Waals surface area contributed by atoms with Gasteiger partial charge in [0.25, 0.3) is 5.91 Å². The van der Waals surface area contributed by atoms with Crippen LogP contribution in [0.15, 0.2) is 18.2 Å². The van der Waals surface area contributed by atoms with Crippen molar-refractivity contribution in [2.24, 2.45) is 0 Å². The van der Waals surface area contributed by atoms with Crippen LogP contribution in [0.3, 0.4) is 0 Å². The number of benzene rings is 1. The molecule has 0 aliphatic carbocycles. The minimum atomic E-state index is -0.908. The number of carbonyl (C=O) groups excluding carboxylic acids is 2. The number of amides is 3. The number of rotatable bonds is 10. The van der Waals surface area contributed by atoms with Crippen LogP contribution in [0.5, 0.6) is 5.75 Å². The van der Waals surface area contributed by atoms with Crippen LogP contribution in [0, 0.1) is 0 Å². The quantitative estimate of drug-likeness (QED) is 0.536. The maximum absolute atomic E-state index is 11.9. The Hall–Kier alpha value is -2.48. The third-order valence-corrected chi connectivity index (χ3v) is 3.81. The van der Waals surface area contributed by atoms with Crippen molar-refractivity contribution in [2.45, 2.75) is 26.7 Å². The molecule has 0 bridgehead atoms. The zero-order chi connectivity index (χ0) is 19.5. The molecule has 1 aromatic rings. The molecule has 0 spiro atoms. The van der Waals surface area contributed by atoms with Gasteiger partial charge < -0.3 is 25.4 Å². The molecule has 144 valence electrons. The van der Waals surface area contributed by atoms with Crippen molar-refractivity contribution >= 4 is 35.2 Å². The molecule has 1 aromatic carbocycles. The van der Waals surface area contributed by atoms with E-state index in [1.165, 1.54) is 6.07 Å². The number of urea groups is 1. The molecular formula is C17H24ClN3O5. The summed E-state index contributed by atoms with van der Waals surface area (Å²) < 4.78 is 5.44. The zero-order valence-corrected chi connectivity index (χ0v) is 15.6. The van der Waals surface area contributed by atoms with Crippen molar-refractivity contribution in [3.05, 3.63) is 23.2 Å². The van der Waals surface area contributed by atoms with Gasteiger partial charge in [-0.05, 0) is 38.5 Å². The Morgan fingerprint density at radius 2 is 1.92 bits per heavy atom. The number of carboxylic acid groups (broad SMARTS) is 1. The highest BCUT2D eigenvalue weighted by molar-refractivity contribution is 6.32. The Labute approximate surface area is 157 Å². The molecule has 0 heterocycles. The SMILES string of the molecule is CCN(CC)C(=O)COc1ccc(NC(=O)NCCCC(=O)O)cc1Cl. The predicted octanol–water partition coefficient (Wildman–Crippen LogP) is 2.57. The van der Waals surface area contributed by atoms with Crippen LogP contribution in [0.2, 0.25) is 5.02 Å². The molecule has 3 amide bonds. The Morgan fingerprint density at radius 3 is 2.50 bits per heavy atom. The third-order valence-electron chi connectivity index (χ3n) is 3.51. The highest BCUT2D eigenvalue weighted by atomic mass is 35.5. The van der Waals surface area contributed by atoms with Crippen LogP contribution < -0.4 is 15.4 Å². The fourth-order valence-corrected chi connectivity index (χ4v) is 2.35. The molecule has 26 heavy (non-hydrogen) atoms. The highest BCUT2D eigenvalue weighted by Crippen LogP contribution is 2.27. The van der Waals surface area contributed by atoms with E-state index in [4.69, 9.17) is 21.4 Å². The second kappa shape index (κ2) is 11.2. The van der Waals surface area contributed by atoms with Crippen LogP contribution >= 0.6 is 11.6 Å². The Kier molecular flexibility index (Phi) is 9.29. The number of hydrogen-bond donors (Lipinski definition) is 3. The summed E-state index contributed by atoms with van der Waals surface area (Å²) in [4.78, 5) is 35.7. The van der Waals surface area contributed by atoms with Crippen LogP contribution in [-0.4, -0.2) is 54.2 Å². The molecule has 0 saturated carbocycles. The molecule has 0 saturated heterocycles. The average molecular weight is 386 g/mol. The minimum Gasteiger partial charge on any atom is -0.482 e. The number of halogens is 1. The molecule has 9 heteroatoms. The first-order valence-corrected chi connectivity index (χ1v) is 8.71. The molecule has 1 rings (SSSR count). The van der Waals surface area contributed by atoms with Gasteiger partial charge in [-0.3, -0.25) is 9.59 Å². The van der Waals surface area contributed by atoms with Gasteiger partial charge in [0.15, 0.2) is 6.61 Å². The Morgan fingerprint density at radius 1 is 1.23 bits per heavy atom. The van der Waals surface area contributed by atoms with Gasteiger partial charge in [0.1, 0.15) is 5.75 Å². The van der Waals surface area contributed by atoms with Gasteiger partial charge in [0.05, 0.1) is 5.02 Å². The summed E-state index contributed by atoms with van der Waals surface area (Å²) in [5, 5.41) is 13.9. The predicted molar refractivity (Wildman–Crippen MR) is 98.8 cm³/mol. The van der Waals surface area contributed by atoms with Gasteiger partial charge in [0, 0.05) is 31.7 Å². The van der Waals surface area contributed by atoms with Gasteiger partial charge in [-0.1, -0.05) is 11.6 Å². The first-order chi connectivity index (χ1) is 12.4. The van der Waals surface area contributed by atoms with Crippen molar-refractivity contribution in [1.82, 2.24) is 10.2 Å². The Balaban J connectivity index is 2.49. The van der Waals surface area contributed by atoms with Crippen molar-refractivity contribution in [1.29, 1.82) is 0 Å². The van der Waals surface area contributed by atoms with E-state index in [-0.39, 0.29) is 30.5 Å². The van der Waals surface area contributed by atoms with Crippen LogP contribution in [0.4, 0.5) is 10.5 Å². The topological polar surface area (TPSA) is 108 Å². The van der Waals surface area contributed by atoms with E-state index in [1.54, 1.807) is 17.0 Å². The van der Waals surface area contributed by atoms with E-state index < -0.39 is 12.0 Å². The maximum atomic E-state index is 11.9. The molecule has 0 aliphatic heterocycles. The summed E-state index contributed by atoms with van der Waals surface area (Å²) in [5.41, 5.74) is 0.452. The molecule has 0 unspecified atom stereocenters. The Bertz CT molecular complexity index is 635. The van der Waals surface area contributed by atoms with Crippen molar-refractivity contribution < 1.29 is 24.2 Å². The summed E-state index contributed by atoms with van der Waals surface area (Å²) >= 11 is 6.12. The molecule has 0 atom stereocenters. The summed E-state index contributed by atoms with van der Waals surface area (Å²) in [7, 11) is 0. The van der Waals surface area contributed by atoms with Crippen LogP contribution in [0.1, 0.15) is 26.7 Å². The summed E-state index contributed by atoms with van der Waals surface area (Å²) in [6.45, 7) is 5.13. The molecule has 0 radical (unpaired) electrons. The van der Waals surface area contributed by atoms with Crippen molar-refractivity contribution in [2.75, 3.05) is 31.6 Å². The number of carbonyl (C=O) groups is 3. The largest absolute Gasteiger partial charge is 0.482 e. The highest BCUT2D eigenvalue weighted by Gasteiger charge is 2.12. The van der Waals surface area contributed by atoms with E-state index in [2.05, 4.69) is 10.6 Å². The van der Waals surface area contributed by atoms with Crippen LogP contribution in [-0.2, 0) is 9.59 Å². The lowest BCUT2D eigenvalue weighted by Crippen LogP contribution is -2.34. The summed E-state index contributed by atoms with van der Waals surface area (Å²) in [5.74, 6) is -0.692. The second-order valence-corrected chi connectivity index (χ2v) is 5.79. The van der Waals surface area contributed by atoms with Gasteiger partial charge in [-0.25, -0.2) is 4.79 Å². The number of nitrogens with zero attached hydrogens (tertiary/aromatic N) is 1. The fourth-order valence-electron chi connectivity index (χ4n) is 2.12. The molecule has 8 nitrogen and oxygen atoms in total. The van der Waals surface area contributed by atoms with Crippen molar-refractivity contribution in [3.63, 3.8) is 0 Å². The van der Waals surface area contributed by atoms with E-state index in [0.717, 1.165) is 0 Å². The zero-order valence-electron chi connectivity index (χ0n) is 14.9. The van der Waals surface area contributed by atoms with Gasteiger partial charge in [-0.2, -0.15) is 0 Å². The van der Waals surface area contributed by atoms with E-state index in [1.807, 2.05) is 13.8 Å². The average Bonchev–Trinajstić information content (AvgIpc) is 2.59. The van der Waals surface area contributed by atoms with E-state index in [0.29, 0.717) is 30.9 Å². The first kappa shape index (κ1) is 21.6. The summed E-state index contributed by atoms with van der Waals surface area (Å²) in [6.07, 6.45) is 0.335. The molecular weight excluding hydrogens is 362 g/mol. The molecule has 0 aromatic heterocycles. The number of carboxylic acids is 1. The van der Waals surface area contributed by atoms with Crippen LogP contribution in [0.25, 0.3) is 0 Å². The lowest BCUT2D eigenvalue weighted by atomic mass is 10.3. The molecule has 0 aliphatic rings. The van der Waals surface area contributed by atoms with Crippen molar-refractivity contribution in [3.8, 4) is 5.75 Å². The number of anilines is 1. The second-order valence-electron chi connectivity index (χ2n) is 5.38. The van der Waals surface area contributed by atoms with E-state index in [9.17, 15) is 14.4 Å². The summed E-state index contributed by atoms with van der Waals surface area (Å²) in [6, 6.07) is 4.21. The minimum absolute atomic E-state index is 0.00957. The fraction of sp³-hybridized carbons (Fsp3) is 0.471. The third kappa shape index (κ3) is 7.60. The lowest BCUT2D eigenvalue weighted by molar-refractivity contribution is -0.137. The number of aliphatic carboxylic acids is 1. The molecule has 3 N–H and O–H groups in total. The monoisotopic (exact) mass is 385 g/mol. The maximum Gasteiger partial charge on any atom is 0.319 e. The van der Waals surface area contributed by atoms with Gasteiger partial charge >= 0.3 is 12.0 Å². The lowest BCUT2D eigenvalue weighted by Gasteiger charge is -2.19. The number of likely N-dealkylation sites (N-methyl/N-ethyl adjacent to an activating group) is 1. The number of hydrogen-bond acceptors (Lipinski definition) is 4. The number of ether oxygens (including phenoxy) is 1. The standard InChI is InChI=1S/C17H24ClN3O5/c1-3-21(4-2)15(22)11-26-14-8-7-12(10-13(14)18)20-17(25)19-9-5-6-16(23)24/h7-8,10H,3-6,9,11H2,1-2H3,(H,23,24)(H2,19,20,25).